The van der Waals surface area contributed by atoms with Crippen LogP contribution in [0.3, 0.4) is 0 Å². The van der Waals surface area contributed by atoms with E-state index in [9.17, 15) is 14.4 Å². The minimum absolute atomic E-state index is 0.109. The van der Waals surface area contributed by atoms with Gasteiger partial charge in [-0.25, -0.2) is 9.78 Å². The van der Waals surface area contributed by atoms with Crippen LogP contribution in [-0.4, -0.2) is 21.4 Å². The predicted molar refractivity (Wildman–Crippen MR) is 107 cm³/mol. The number of esters is 1. The molecule has 0 aliphatic heterocycles. The lowest BCUT2D eigenvalue weighted by molar-refractivity contribution is -0.116. The number of aryl methyl sites for hydroxylation is 2. The fraction of sp³-hybridized carbons (Fsp3) is 0.333. The van der Waals surface area contributed by atoms with Crippen LogP contribution >= 0.6 is 0 Å². The van der Waals surface area contributed by atoms with E-state index in [2.05, 4.69) is 10.3 Å². The zero-order valence-corrected chi connectivity index (χ0v) is 16.8. The number of aromatic nitrogens is 2. The summed E-state index contributed by atoms with van der Waals surface area (Å²) in [5, 5.41) is 2.83. The summed E-state index contributed by atoms with van der Waals surface area (Å²) in [6.45, 7) is 7.32. The molecule has 0 bridgehead atoms. The fourth-order valence-electron chi connectivity index (χ4n) is 2.83. The number of ether oxygens (including phenoxy) is 1. The molecule has 0 aliphatic rings. The number of hydrogen-bond donors (Lipinski definition) is 1. The molecular formula is C21H23N3O5. The van der Waals surface area contributed by atoms with Crippen LogP contribution in [0.1, 0.15) is 47.6 Å². The Morgan fingerprint density at radius 1 is 1.21 bits per heavy atom. The van der Waals surface area contributed by atoms with Gasteiger partial charge in [-0.15, -0.1) is 4.57 Å². The summed E-state index contributed by atoms with van der Waals surface area (Å²) in [6, 6.07) is 7.84. The number of nitrogens with one attached hydrogen (secondary N) is 1. The average Bonchev–Trinajstić information content (AvgIpc) is 3.01. The number of anilines is 1. The Labute approximate surface area is 167 Å². The molecule has 0 unspecified atom stereocenters. The molecular weight excluding hydrogens is 374 g/mol. The van der Waals surface area contributed by atoms with E-state index in [0.717, 1.165) is 10.1 Å². The van der Waals surface area contributed by atoms with E-state index in [0.29, 0.717) is 34.8 Å². The van der Waals surface area contributed by atoms with Gasteiger partial charge >= 0.3 is 5.97 Å². The third-order valence-electron chi connectivity index (χ3n) is 4.22. The van der Waals surface area contributed by atoms with Crippen molar-refractivity contribution in [2.75, 3.05) is 5.32 Å². The van der Waals surface area contributed by atoms with E-state index in [1.165, 1.54) is 6.07 Å². The van der Waals surface area contributed by atoms with Crippen molar-refractivity contribution in [3.8, 4) is 0 Å². The van der Waals surface area contributed by atoms with Crippen molar-refractivity contribution < 1.29 is 18.8 Å². The molecule has 152 valence electrons. The third-order valence-corrected chi connectivity index (χ3v) is 4.22. The second-order valence-corrected chi connectivity index (χ2v) is 7.34. The Morgan fingerprint density at radius 3 is 2.69 bits per heavy atom. The normalized spacial score (nSPS) is 11.1. The zero-order chi connectivity index (χ0) is 21.1. The maximum atomic E-state index is 12.4. The summed E-state index contributed by atoms with van der Waals surface area (Å²) in [4.78, 5) is 40.8. The van der Waals surface area contributed by atoms with E-state index in [-0.39, 0.29) is 24.0 Å². The molecule has 0 fully saturated rings. The first-order valence-electron chi connectivity index (χ1n) is 9.30. The Hall–Kier alpha value is -3.42. The highest BCUT2D eigenvalue weighted by molar-refractivity contribution is 5.95. The number of hydrogen-bond acceptors (Lipinski definition) is 6. The first-order valence-corrected chi connectivity index (χ1v) is 9.30. The Balaban J connectivity index is 1.71. The largest absolute Gasteiger partial charge is 0.456 e. The van der Waals surface area contributed by atoms with Crippen LogP contribution in [0.4, 0.5) is 5.69 Å². The second kappa shape index (κ2) is 8.30. The molecule has 0 spiro atoms. The van der Waals surface area contributed by atoms with Gasteiger partial charge in [0.05, 0.1) is 11.3 Å². The van der Waals surface area contributed by atoms with Crippen LogP contribution in [0.15, 0.2) is 39.6 Å². The summed E-state index contributed by atoms with van der Waals surface area (Å²) in [5.41, 5.74) is 1.99. The van der Waals surface area contributed by atoms with Crippen LogP contribution < -0.4 is 10.9 Å². The number of amides is 1. The molecule has 1 aromatic carbocycles. The molecule has 1 N–H and O–H groups in total. The summed E-state index contributed by atoms with van der Waals surface area (Å²) in [5.74, 6) is 0.101. The second-order valence-electron chi connectivity index (χ2n) is 7.34. The highest BCUT2D eigenvalue weighted by atomic mass is 16.5. The van der Waals surface area contributed by atoms with E-state index in [1.54, 1.807) is 31.2 Å². The van der Waals surface area contributed by atoms with Gasteiger partial charge in [-0.2, -0.15) is 0 Å². The molecule has 0 aliphatic carbocycles. The van der Waals surface area contributed by atoms with Crippen molar-refractivity contribution in [1.82, 2.24) is 9.56 Å². The first-order chi connectivity index (χ1) is 13.7. The average molecular weight is 397 g/mol. The highest BCUT2D eigenvalue weighted by Gasteiger charge is 2.14. The van der Waals surface area contributed by atoms with Gasteiger partial charge in [0.2, 0.25) is 5.91 Å². The molecule has 2 aromatic heterocycles. The topological polar surface area (TPSA) is 103 Å². The molecule has 0 atom stereocenters. The van der Waals surface area contributed by atoms with Crippen LogP contribution in [0, 0.1) is 19.8 Å². The van der Waals surface area contributed by atoms with Gasteiger partial charge in [-0.1, -0.05) is 19.9 Å². The maximum Gasteiger partial charge on any atom is 0.338 e. The monoisotopic (exact) mass is 397 g/mol. The lowest BCUT2D eigenvalue weighted by Crippen LogP contribution is -2.16. The van der Waals surface area contributed by atoms with Crippen LogP contribution in [0.2, 0.25) is 0 Å². The van der Waals surface area contributed by atoms with Crippen molar-refractivity contribution in [1.29, 1.82) is 0 Å². The van der Waals surface area contributed by atoms with Crippen LogP contribution in [-0.2, 0) is 16.1 Å². The predicted octanol–water partition coefficient (Wildman–Crippen LogP) is 3.25. The minimum Gasteiger partial charge on any atom is -0.456 e. The van der Waals surface area contributed by atoms with Crippen molar-refractivity contribution in [3.63, 3.8) is 0 Å². The van der Waals surface area contributed by atoms with Crippen LogP contribution in [0.5, 0.6) is 0 Å². The molecule has 29 heavy (non-hydrogen) atoms. The van der Waals surface area contributed by atoms with Crippen LogP contribution in [0.25, 0.3) is 5.65 Å². The van der Waals surface area contributed by atoms with E-state index < -0.39 is 5.97 Å². The molecule has 2 heterocycles. The van der Waals surface area contributed by atoms with E-state index in [4.69, 9.17) is 9.26 Å². The van der Waals surface area contributed by atoms with Gasteiger partial charge in [-0.05, 0) is 37.5 Å². The number of rotatable bonds is 6. The van der Waals surface area contributed by atoms with Gasteiger partial charge in [0.15, 0.2) is 5.65 Å². The van der Waals surface area contributed by atoms with E-state index >= 15 is 0 Å². The zero-order valence-electron chi connectivity index (χ0n) is 16.8. The van der Waals surface area contributed by atoms with Gasteiger partial charge in [0, 0.05) is 24.2 Å². The van der Waals surface area contributed by atoms with Crippen molar-refractivity contribution in [2.24, 2.45) is 5.92 Å². The molecule has 0 radical (unpaired) electrons. The summed E-state index contributed by atoms with van der Waals surface area (Å²) >= 11 is 0. The van der Waals surface area contributed by atoms with Gasteiger partial charge < -0.3 is 14.6 Å². The third kappa shape index (κ3) is 4.90. The maximum absolute atomic E-state index is 12.4. The molecule has 3 rings (SSSR count). The Morgan fingerprint density at radius 2 is 1.97 bits per heavy atom. The molecule has 8 heteroatoms. The molecule has 8 nitrogen and oxygen atoms in total. The van der Waals surface area contributed by atoms with Gasteiger partial charge in [0.1, 0.15) is 12.4 Å². The number of benzene rings is 1. The summed E-state index contributed by atoms with van der Waals surface area (Å²) in [7, 11) is 0. The van der Waals surface area contributed by atoms with Crippen molar-refractivity contribution in [2.45, 2.75) is 40.7 Å². The first kappa shape index (κ1) is 20.3. The van der Waals surface area contributed by atoms with Crippen molar-refractivity contribution in [3.05, 3.63) is 63.3 Å². The fourth-order valence-corrected chi connectivity index (χ4v) is 2.83. The quantitative estimate of drug-likeness (QED) is 0.641. The van der Waals surface area contributed by atoms with Gasteiger partial charge in [-0.3, -0.25) is 9.59 Å². The molecule has 0 saturated heterocycles. The molecule has 0 saturated carbocycles. The Kier molecular flexibility index (Phi) is 5.81. The highest BCUT2D eigenvalue weighted by Crippen LogP contribution is 2.19. The van der Waals surface area contributed by atoms with Crippen molar-refractivity contribution >= 4 is 23.2 Å². The number of carbonyl (C=O) groups excluding carboxylic acids is 2. The molecule has 3 aromatic rings. The summed E-state index contributed by atoms with van der Waals surface area (Å²) < 4.78 is 11.6. The van der Waals surface area contributed by atoms with E-state index in [1.807, 2.05) is 20.8 Å². The smallest absolute Gasteiger partial charge is 0.338 e. The summed E-state index contributed by atoms with van der Waals surface area (Å²) in [6.07, 6.45) is 0.394. The lowest BCUT2D eigenvalue weighted by atomic mass is 10.1. The SMILES string of the molecule is Cc1cc2nc(COC(=O)c3ccc(C)c(NC(=O)CC(C)C)c3)cc(=O)n2o1. The number of carbonyl (C=O) groups is 2. The number of nitrogens with zero attached hydrogens (tertiary/aromatic N) is 2. The standard InChI is InChI=1S/C21H23N3O5/c1-12(2)7-19(25)23-17-9-15(6-5-13(17)3)21(27)28-11-16-10-20(26)24-18(22-16)8-14(4)29-24/h5-6,8-10,12H,7,11H2,1-4H3,(H,23,25). The minimum atomic E-state index is -0.574. The Bertz CT molecular complexity index is 1130. The molecule has 1 amide bonds. The lowest BCUT2D eigenvalue weighted by Gasteiger charge is -2.11. The number of fused-ring (bicyclic) bond motifs is 1. The van der Waals surface area contributed by atoms with Gasteiger partial charge in [0.25, 0.3) is 5.56 Å².